The Hall–Kier alpha value is -1.35. The first kappa shape index (κ1) is 16.0. The van der Waals surface area contributed by atoms with E-state index >= 15 is 0 Å². The molecule has 0 spiro atoms. The van der Waals surface area contributed by atoms with E-state index in [9.17, 15) is 4.39 Å². The van der Waals surface area contributed by atoms with E-state index < -0.39 is 0 Å². The Morgan fingerprint density at radius 3 is 2.48 bits per heavy atom. The van der Waals surface area contributed by atoms with Crippen LogP contribution in [0.2, 0.25) is 0 Å². The normalized spacial score (nSPS) is 12.6. The SMILES string of the molecule is CCc1nn(Cc2ccccc2F)c(CC)c1C(Cl)CC. The summed E-state index contributed by atoms with van der Waals surface area (Å²) in [6.45, 7) is 6.70. The summed E-state index contributed by atoms with van der Waals surface area (Å²) >= 11 is 6.48. The summed E-state index contributed by atoms with van der Waals surface area (Å²) in [7, 11) is 0. The molecule has 1 atom stereocenters. The number of aryl methyl sites for hydroxylation is 1. The molecular weight excluding hydrogens is 287 g/mol. The molecule has 0 bridgehead atoms. The third kappa shape index (κ3) is 3.29. The van der Waals surface area contributed by atoms with Crippen LogP contribution >= 0.6 is 11.6 Å². The van der Waals surface area contributed by atoms with Crippen molar-refractivity contribution >= 4 is 11.6 Å². The molecule has 2 rings (SSSR count). The van der Waals surface area contributed by atoms with Crippen molar-refractivity contribution in [3.8, 4) is 0 Å². The molecule has 1 aromatic heterocycles. The second-order valence-corrected chi connectivity index (χ2v) is 5.67. The summed E-state index contributed by atoms with van der Waals surface area (Å²) < 4.78 is 15.8. The average Bonchev–Trinajstić information content (AvgIpc) is 2.86. The Morgan fingerprint density at radius 1 is 1.19 bits per heavy atom. The van der Waals surface area contributed by atoms with E-state index in [2.05, 4.69) is 25.9 Å². The lowest BCUT2D eigenvalue weighted by atomic mass is 10.0. The lowest BCUT2D eigenvalue weighted by Gasteiger charge is -2.11. The Labute approximate surface area is 130 Å². The van der Waals surface area contributed by atoms with Gasteiger partial charge in [-0.1, -0.05) is 39.0 Å². The van der Waals surface area contributed by atoms with Crippen LogP contribution in [0.15, 0.2) is 24.3 Å². The van der Waals surface area contributed by atoms with Crippen LogP contribution < -0.4 is 0 Å². The fourth-order valence-electron chi connectivity index (χ4n) is 2.68. The molecule has 0 fully saturated rings. The van der Waals surface area contributed by atoms with Crippen LogP contribution in [0.25, 0.3) is 0 Å². The van der Waals surface area contributed by atoms with Crippen LogP contribution in [0.4, 0.5) is 4.39 Å². The van der Waals surface area contributed by atoms with Crippen molar-refractivity contribution in [1.82, 2.24) is 9.78 Å². The van der Waals surface area contributed by atoms with Gasteiger partial charge in [0.15, 0.2) is 0 Å². The molecular formula is C17H22ClFN2. The van der Waals surface area contributed by atoms with Gasteiger partial charge in [0, 0.05) is 16.8 Å². The van der Waals surface area contributed by atoms with Gasteiger partial charge in [-0.05, 0) is 25.3 Å². The Kier molecular flexibility index (Phi) is 5.40. The summed E-state index contributed by atoms with van der Waals surface area (Å²) in [5.41, 5.74) is 3.95. The monoisotopic (exact) mass is 308 g/mol. The first-order valence-electron chi connectivity index (χ1n) is 7.58. The predicted octanol–water partition coefficient (Wildman–Crippen LogP) is 4.89. The molecule has 2 aromatic rings. The minimum atomic E-state index is -0.187. The van der Waals surface area contributed by atoms with E-state index in [4.69, 9.17) is 11.6 Å². The van der Waals surface area contributed by atoms with E-state index in [1.54, 1.807) is 12.1 Å². The highest BCUT2D eigenvalue weighted by molar-refractivity contribution is 6.21. The number of rotatable bonds is 6. The maximum absolute atomic E-state index is 13.9. The highest BCUT2D eigenvalue weighted by Crippen LogP contribution is 2.31. The lowest BCUT2D eigenvalue weighted by Crippen LogP contribution is -2.08. The van der Waals surface area contributed by atoms with Crippen LogP contribution in [0.5, 0.6) is 0 Å². The molecule has 114 valence electrons. The molecule has 4 heteroatoms. The van der Waals surface area contributed by atoms with Gasteiger partial charge >= 0.3 is 0 Å². The predicted molar refractivity (Wildman–Crippen MR) is 85.4 cm³/mol. The molecule has 21 heavy (non-hydrogen) atoms. The van der Waals surface area contributed by atoms with Gasteiger partial charge in [0.2, 0.25) is 0 Å². The molecule has 0 aliphatic carbocycles. The summed E-state index contributed by atoms with van der Waals surface area (Å²) in [6, 6.07) is 6.85. The minimum absolute atomic E-state index is 0.0238. The summed E-state index contributed by atoms with van der Waals surface area (Å²) in [5.74, 6) is -0.187. The fourth-order valence-corrected chi connectivity index (χ4v) is 2.94. The zero-order valence-corrected chi connectivity index (χ0v) is 13.6. The second kappa shape index (κ2) is 7.08. The maximum atomic E-state index is 13.9. The van der Waals surface area contributed by atoms with E-state index in [0.29, 0.717) is 12.1 Å². The van der Waals surface area contributed by atoms with Crippen LogP contribution in [0.3, 0.4) is 0 Å². The first-order valence-corrected chi connectivity index (χ1v) is 8.01. The highest BCUT2D eigenvalue weighted by Gasteiger charge is 2.21. The molecule has 1 heterocycles. The van der Waals surface area contributed by atoms with E-state index in [0.717, 1.165) is 36.2 Å². The minimum Gasteiger partial charge on any atom is -0.264 e. The van der Waals surface area contributed by atoms with Gasteiger partial charge in [0.05, 0.1) is 17.6 Å². The van der Waals surface area contributed by atoms with Crippen molar-refractivity contribution in [2.75, 3.05) is 0 Å². The summed E-state index contributed by atoms with van der Waals surface area (Å²) in [5, 5.41) is 4.65. The molecule has 0 aliphatic rings. The lowest BCUT2D eigenvalue weighted by molar-refractivity contribution is 0.573. The van der Waals surface area contributed by atoms with Crippen molar-refractivity contribution in [2.24, 2.45) is 0 Å². The third-order valence-electron chi connectivity index (χ3n) is 3.79. The molecule has 1 aromatic carbocycles. The number of hydrogen-bond acceptors (Lipinski definition) is 1. The molecule has 0 N–H and O–H groups in total. The van der Waals surface area contributed by atoms with Gasteiger partial charge in [-0.3, -0.25) is 4.68 Å². The van der Waals surface area contributed by atoms with Gasteiger partial charge in [0.25, 0.3) is 0 Å². The molecule has 2 nitrogen and oxygen atoms in total. The number of halogens is 2. The molecule has 0 saturated carbocycles. The molecule has 0 saturated heterocycles. The Bertz CT molecular complexity index is 607. The Morgan fingerprint density at radius 2 is 1.90 bits per heavy atom. The van der Waals surface area contributed by atoms with Crippen LogP contribution in [0, 0.1) is 5.82 Å². The van der Waals surface area contributed by atoms with Crippen molar-refractivity contribution < 1.29 is 4.39 Å². The zero-order chi connectivity index (χ0) is 15.4. The molecule has 0 radical (unpaired) electrons. The highest BCUT2D eigenvalue weighted by atomic mass is 35.5. The first-order chi connectivity index (χ1) is 10.1. The van der Waals surface area contributed by atoms with Gasteiger partial charge in [-0.2, -0.15) is 5.10 Å². The molecule has 1 unspecified atom stereocenters. The van der Waals surface area contributed by atoms with Crippen LogP contribution in [0.1, 0.15) is 55.1 Å². The molecule has 0 aliphatic heterocycles. The van der Waals surface area contributed by atoms with E-state index in [1.165, 1.54) is 6.07 Å². The van der Waals surface area contributed by atoms with Gasteiger partial charge < -0.3 is 0 Å². The number of alkyl halides is 1. The van der Waals surface area contributed by atoms with Crippen molar-refractivity contribution in [1.29, 1.82) is 0 Å². The largest absolute Gasteiger partial charge is 0.264 e. The smallest absolute Gasteiger partial charge is 0.128 e. The van der Waals surface area contributed by atoms with E-state index in [-0.39, 0.29) is 11.2 Å². The quantitative estimate of drug-likeness (QED) is 0.695. The number of benzene rings is 1. The molecule has 0 amide bonds. The zero-order valence-electron chi connectivity index (χ0n) is 12.9. The number of aromatic nitrogens is 2. The van der Waals surface area contributed by atoms with Crippen molar-refractivity contribution in [3.63, 3.8) is 0 Å². The van der Waals surface area contributed by atoms with Gasteiger partial charge in [-0.25, -0.2) is 4.39 Å². The van der Waals surface area contributed by atoms with Gasteiger partial charge in [-0.15, -0.1) is 11.6 Å². The van der Waals surface area contributed by atoms with Crippen LogP contribution in [-0.2, 0) is 19.4 Å². The Balaban J connectivity index is 2.44. The van der Waals surface area contributed by atoms with Crippen molar-refractivity contribution in [2.45, 2.75) is 52.0 Å². The standard InChI is InChI=1S/C17H22ClFN2/c1-4-13(18)17-15(5-2)20-21(16(17)6-3)11-12-9-7-8-10-14(12)19/h7-10,13H,4-6,11H2,1-3H3. The summed E-state index contributed by atoms with van der Waals surface area (Å²) in [6.07, 6.45) is 2.56. The fraction of sp³-hybridized carbons (Fsp3) is 0.471. The second-order valence-electron chi connectivity index (χ2n) is 5.14. The van der Waals surface area contributed by atoms with Crippen LogP contribution in [-0.4, -0.2) is 9.78 Å². The number of nitrogens with zero attached hydrogens (tertiary/aromatic N) is 2. The topological polar surface area (TPSA) is 17.8 Å². The van der Waals surface area contributed by atoms with E-state index in [1.807, 2.05) is 10.7 Å². The summed E-state index contributed by atoms with van der Waals surface area (Å²) in [4.78, 5) is 0. The number of hydrogen-bond donors (Lipinski definition) is 0. The van der Waals surface area contributed by atoms with Crippen molar-refractivity contribution in [3.05, 3.63) is 52.6 Å². The maximum Gasteiger partial charge on any atom is 0.128 e. The van der Waals surface area contributed by atoms with Gasteiger partial charge in [0.1, 0.15) is 5.82 Å². The third-order valence-corrected chi connectivity index (χ3v) is 4.32. The average molecular weight is 309 g/mol.